The quantitative estimate of drug-likeness (QED) is 0.667. The van der Waals surface area contributed by atoms with E-state index in [9.17, 15) is 22.0 Å². The van der Waals surface area contributed by atoms with Gasteiger partial charge in [0, 0.05) is 32.7 Å². The van der Waals surface area contributed by atoms with Gasteiger partial charge in [-0.2, -0.15) is 4.31 Å². The van der Waals surface area contributed by atoms with Crippen LogP contribution in [0.2, 0.25) is 0 Å². The van der Waals surface area contributed by atoms with Crippen LogP contribution in [-0.2, 0) is 22.3 Å². The summed E-state index contributed by atoms with van der Waals surface area (Å²) in [5.74, 6) is 0.244. The normalized spacial score (nSPS) is 15.1. The summed E-state index contributed by atoms with van der Waals surface area (Å²) in [5, 5.41) is 2.77. The molecule has 3 rings (SSSR count). The molecule has 1 fully saturated rings. The molecule has 1 N–H and O–H groups in total. The van der Waals surface area contributed by atoms with Crippen LogP contribution in [0.3, 0.4) is 0 Å². The van der Waals surface area contributed by atoms with Crippen LogP contribution in [0.1, 0.15) is 11.1 Å². The van der Waals surface area contributed by atoms with Crippen molar-refractivity contribution >= 4 is 16.1 Å². The molecule has 31 heavy (non-hydrogen) atoms. The Morgan fingerprint density at radius 1 is 1.00 bits per heavy atom. The van der Waals surface area contributed by atoms with Gasteiger partial charge < -0.3 is 15.0 Å². The summed E-state index contributed by atoms with van der Waals surface area (Å²) < 4.78 is 56.2. The number of urea groups is 1. The smallest absolute Gasteiger partial charge is 0.317 e. The highest BCUT2D eigenvalue weighted by molar-refractivity contribution is 7.88. The highest BCUT2D eigenvalue weighted by Crippen LogP contribution is 2.16. The minimum atomic E-state index is -3.45. The number of carbonyl (C=O) groups excluding carboxylic acids is 1. The first-order valence-corrected chi connectivity index (χ1v) is 11.5. The molecule has 0 radical (unpaired) electrons. The standard InChI is InChI=1S/C21H25F2N3O4S/c22-20(23)15-30-19-8-4-7-18(13-19)14-24-21(27)25-9-11-26(12-10-25)31(28,29)16-17-5-2-1-3-6-17/h1-8,13,20H,9-12,14-16H2,(H,24,27). The second-order valence-corrected chi connectivity index (χ2v) is 9.11. The summed E-state index contributed by atoms with van der Waals surface area (Å²) in [4.78, 5) is 14.0. The number of hydrogen-bond donors (Lipinski definition) is 1. The Bertz CT molecular complexity index is 966. The van der Waals surface area contributed by atoms with Crippen LogP contribution in [0.4, 0.5) is 13.6 Å². The number of halogens is 2. The lowest BCUT2D eigenvalue weighted by Crippen LogP contribution is -2.53. The summed E-state index contributed by atoms with van der Waals surface area (Å²) in [7, 11) is -3.45. The molecule has 2 aromatic carbocycles. The van der Waals surface area contributed by atoms with Crippen molar-refractivity contribution in [3.05, 3.63) is 65.7 Å². The van der Waals surface area contributed by atoms with Crippen LogP contribution in [0, 0.1) is 0 Å². The van der Waals surface area contributed by atoms with Crippen LogP contribution in [0.15, 0.2) is 54.6 Å². The molecule has 0 saturated carbocycles. The number of nitrogens with zero attached hydrogens (tertiary/aromatic N) is 2. The number of amides is 2. The number of ether oxygens (including phenoxy) is 1. The fraction of sp³-hybridized carbons (Fsp3) is 0.381. The van der Waals surface area contributed by atoms with Crippen molar-refractivity contribution in [1.29, 1.82) is 0 Å². The van der Waals surface area contributed by atoms with Crippen molar-refractivity contribution in [2.45, 2.75) is 18.7 Å². The number of rotatable bonds is 8. The fourth-order valence-corrected chi connectivity index (χ4v) is 4.76. The Hall–Kier alpha value is -2.72. The molecule has 0 atom stereocenters. The van der Waals surface area contributed by atoms with E-state index in [2.05, 4.69) is 5.32 Å². The van der Waals surface area contributed by atoms with Gasteiger partial charge in [0.05, 0.1) is 5.75 Å². The Kier molecular flexibility index (Phi) is 7.80. The van der Waals surface area contributed by atoms with Crippen molar-refractivity contribution < 1.29 is 26.7 Å². The van der Waals surface area contributed by atoms with Crippen LogP contribution in [0.25, 0.3) is 0 Å². The van der Waals surface area contributed by atoms with Gasteiger partial charge in [-0.15, -0.1) is 0 Å². The predicted molar refractivity (Wildman–Crippen MR) is 112 cm³/mol. The summed E-state index contributed by atoms with van der Waals surface area (Å²) in [6, 6.07) is 15.3. The fourth-order valence-electron chi connectivity index (χ4n) is 3.24. The van der Waals surface area contributed by atoms with Gasteiger partial charge in [-0.25, -0.2) is 22.0 Å². The van der Waals surface area contributed by atoms with Crippen LogP contribution >= 0.6 is 0 Å². The molecule has 2 amide bonds. The third-order valence-electron chi connectivity index (χ3n) is 4.83. The van der Waals surface area contributed by atoms with E-state index in [1.54, 1.807) is 53.4 Å². The van der Waals surface area contributed by atoms with E-state index in [1.165, 1.54) is 4.31 Å². The Morgan fingerprint density at radius 3 is 2.35 bits per heavy atom. The molecule has 1 saturated heterocycles. The Morgan fingerprint density at radius 2 is 1.68 bits per heavy atom. The molecule has 0 aliphatic carbocycles. The minimum Gasteiger partial charge on any atom is -0.488 e. The molecule has 1 aliphatic rings. The highest BCUT2D eigenvalue weighted by Gasteiger charge is 2.28. The van der Waals surface area contributed by atoms with Gasteiger partial charge in [-0.3, -0.25) is 0 Å². The van der Waals surface area contributed by atoms with E-state index < -0.39 is 23.1 Å². The molecule has 1 aliphatic heterocycles. The minimum absolute atomic E-state index is 0.0655. The van der Waals surface area contributed by atoms with E-state index in [0.717, 1.165) is 5.56 Å². The molecular formula is C21H25F2N3O4S. The maximum absolute atomic E-state index is 12.6. The maximum atomic E-state index is 12.6. The van der Waals surface area contributed by atoms with Crippen LogP contribution in [0.5, 0.6) is 5.75 Å². The average Bonchev–Trinajstić information content (AvgIpc) is 2.77. The highest BCUT2D eigenvalue weighted by atomic mass is 32.2. The molecule has 168 valence electrons. The zero-order valence-corrected chi connectivity index (χ0v) is 17.7. The van der Waals surface area contributed by atoms with Crippen molar-refractivity contribution in [3.8, 4) is 5.75 Å². The average molecular weight is 454 g/mol. The molecular weight excluding hydrogens is 428 g/mol. The number of alkyl halides is 2. The van der Waals surface area contributed by atoms with Gasteiger partial charge in [-0.05, 0) is 23.3 Å². The Balaban J connectivity index is 1.46. The third kappa shape index (κ3) is 6.90. The SMILES string of the molecule is O=C(NCc1cccc(OCC(F)F)c1)N1CCN(S(=O)(=O)Cc2ccccc2)CC1. The van der Waals surface area contributed by atoms with E-state index >= 15 is 0 Å². The molecule has 1 heterocycles. The van der Waals surface area contributed by atoms with Crippen molar-refractivity contribution in [3.63, 3.8) is 0 Å². The molecule has 2 aromatic rings. The van der Waals surface area contributed by atoms with Gasteiger partial charge >= 0.3 is 6.03 Å². The number of hydrogen-bond acceptors (Lipinski definition) is 4. The van der Waals surface area contributed by atoms with E-state index in [4.69, 9.17) is 4.74 Å². The van der Waals surface area contributed by atoms with Gasteiger partial charge in [-0.1, -0.05) is 42.5 Å². The van der Waals surface area contributed by atoms with Gasteiger partial charge in [0.25, 0.3) is 6.43 Å². The molecule has 0 aromatic heterocycles. The van der Waals surface area contributed by atoms with E-state index in [-0.39, 0.29) is 44.5 Å². The van der Waals surface area contributed by atoms with Gasteiger partial charge in [0.2, 0.25) is 10.0 Å². The molecule has 7 nitrogen and oxygen atoms in total. The monoisotopic (exact) mass is 453 g/mol. The first-order valence-electron chi connectivity index (χ1n) is 9.88. The lowest BCUT2D eigenvalue weighted by atomic mass is 10.2. The summed E-state index contributed by atoms with van der Waals surface area (Å²) in [5.41, 5.74) is 1.44. The zero-order valence-electron chi connectivity index (χ0n) is 16.9. The van der Waals surface area contributed by atoms with E-state index in [1.807, 2.05) is 6.07 Å². The first-order chi connectivity index (χ1) is 14.8. The topological polar surface area (TPSA) is 79.0 Å². The molecule has 0 unspecified atom stereocenters. The number of piperazine rings is 1. The summed E-state index contributed by atoms with van der Waals surface area (Å²) in [6.45, 7) is 0.568. The largest absolute Gasteiger partial charge is 0.488 e. The number of carbonyl (C=O) groups is 1. The van der Waals surface area contributed by atoms with Crippen molar-refractivity contribution in [2.24, 2.45) is 0 Å². The predicted octanol–water partition coefficient (Wildman–Crippen LogP) is 2.69. The zero-order chi connectivity index (χ0) is 22.3. The third-order valence-corrected chi connectivity index (χ3v) is 6.68. The van der Waals surface area contributed by atoms with Crippen LogP contribution in [-0.4, -0.2) is 62.9 Å². The Labute approximate surface area is 180 Å². The van der Waals surface area contributed by atoms with Crippen molar-refractivity contribution in [1.82, 2.24) is 14.5 Å². The van der Waals surface area contributed by atoms with Gasteiger partial charge in [0.15, 0.2) is 0 Å². The number of nitrogens with one attached hydrogen (secondary N) is 1. The number of benzene rings is 2. The molecule has 0 spiro atoms. The van der Waals surface area contributed by atoms with Gasteiger partial charge in [0.1, 0.15) is 12.4 Å². The molecule has 10 heteroatoms. The lowest BCUT2D eigenvalue weighted by molar-refractivity contribution is 0.0818. The number of sulfonamides is 1. The maximum Gasteiger partial charge on any atom is 0.317 e. The van der Waals surface area contributed by atoms with E-state index in [0.29, 0.717) is 11.3 Å². The second-order valence-electron chi connectivity index (χ2n) is 7.14. The van der Waals surface area contributed by atoms with Crippen molar-refractivity contribution in [2.75, 3.05) is 32.8 Å². The molecule has 0 bridgehead atoms. The summed E-state index contributed by atoms with van der Waals surface area (Å²) >= 11 is 0. The van der Waals surface area contributed by atoms with Crippen LogP contribution < -0.4 is 10.1 Å². The summed E-state index contributed by atoms with van der Waals surface area (Å²) in [6.07, 6.45) is -2.56. The first kappa shape index (κ1) is 23.0. The lowest BCUT2D eigenvalue weighted by Gasteiger charge is -2.34. The second kappa shape index (κ2) is 10.5.